The Bertz CT molecular complexity index is 1320. The van der Waals surface area contributed by atoms with Gasteiger partial charge >= 0.3 is 0 Å². The first kappa shape index (κ1) is 28.5. The first-order chi connectivity index (χ1) is 17.7. The molecule has 0 saturated heterocycles. The Labute approximate surface area is 224 Å². The number of fused-ring (bicyclic) bond motifs is 1. The molecule has 0 fully saturated rings. The standard InChI is InChI=1S/C28H34ClN3O4S/c1-4-6-18-30-28(34)25(5-2)31(19-21-14-16-23(29)17-15-21)27(33)20-32(37(3,35)36)26-13-9-11-22-10-7-8-12-24(22)26/h7-17,25H,4-6,18-20H2,1-3H3,(H,30,34). The third-order valence-corrected chi connectivity index (χ3v) is 7.57. The number of halogens is 1. The predicted molar refractivity (Wildman–Crippen MR) is 150 cm³/mol. The molecule has 0 radical (unpaired) electrons. The van der Waals surface area contributed by atoms with Gasteiger partial charge in [-0.25, -0.2) is 8.42 Å². The van der Waals surface area contributed by atoms with E-state index in [1.807, 2.05) is 44.2 Å². The summed E-state index contributed by atoms with van der Waals surface area (Å²) in [6, 6.07) is 19.0. The average Bonchev–Trinajstić information content (AvgIpc) is 2.87. The lowest BCUT2D eigenvalue weighted by molar-refractivity contribution is -0.140. The molecule has 9 heteroatoms. The minimum absolute atomic E-state index is 0.142. The van der Waals surface area contributed by atoms with E-state index in [2.05, 4.69) is 5.32 Å². The molecule has 0 heterocycles. The smallest absolute Gasteiger partial charge is 0.244 e. The Balaban J connectivity index is 1.98. The van der Waals surface area contributed by atoms with E-state index >= 15 is 0 Å². The average molecular weight is 544 g/mol. The van der Waals surface area contributed by atoms with Crippen molar-refractivity contribution < 1.29 is 18.0 Å². The van der Waals surface area contributed by atoms with Crippen LogP contribution in [0.2, 0.25) is 5.02 Å². The summed E-state index contributed by atoms with van der Waals surface area (Å²) in [6.45, 7) is 4.10. The Morgan fingerprint density at radius 3 is 2.30 bits per heavy atom. The third kappa shape index (κ3) is 7.46. The van der Waals surface area contributed by atoms with E-state index in [0.717, 1.165) is 39.7 Å². The number of amides is 2. The van der Waals surface area contributed by atoms with Crippen LogP contribution in [0.5, 0.6) is 0 Å². The number of sulfonamides is 1. The van der Waals surface area contributed by atoms with Gasteiger partial charge in [-0.05, 0) is 42.0 Å². The summed E-state index contributed by atoms with van der Waals surface area (Å²) < 4.78 is 27.0. The van der Waals surface area contributed by atoms with Gasteiger partial charge in [0.15, 0.2) is 0 Å². The van der Waals surface area contributed by atoms with Gasteiger partial charge in [-0.1, -0.05) is 80.4 Å². The molecule has 198 valence electrons. The maximum Gasteiger partial charge on any atom is 0.244 e. The van der Waals surface area contributed by atoms with Gasteiger partial charge in [-0.3, -0.25) is 13.9 Å². The first-order valence-electron chi connectivity index (χ1n) is 12.4. The van der Waals surface area contributed by atoms with Crippen molar-refractivity contribution in [1.82, 2.24) is 10.2 Å². The van der Waals surface area contributed by atoms with E-state index in [4.69, 9.17) is 11.6 Å². The first-order valence-corrected chi connectivity index (χ1v) is 14.7. The molecule has 0 saturated carbocycles. The number of nitrogens with zero attached hydrogens (tertiary/aromatic N) is 2. The molecule has 3 aromatic rings. The summed E-state index contributed by atoms with van der Waals surface area (Å²) in [5.74, 6) is -0.722. The molecule has 0 aliphatic rings. The molecular weight excluding hydrogens is 510 g/mol. The van der Waals surface area contributed by atoms with Crippen molar-refractivity contribution in [2.45, 2.75) is 45.7 Å². The number of carbonyl (C=O) groups excluding carboxylic acids is 2. The quantitative estimate of drug-likeness (QED) is 0.326. The minimum Gasteiger partial charge on any atom is -0.354 e. The second-order valence-electron chi connectivity index (χ2n) is 8.98. The van der Waals surface area contributed by atoms with Crippen molar-refractivity contribution in [3.05, 3.63) is 77.3 Å². The van der Waals surface area contributed by atoms with Crippen molar-refractivity contribution in [2.24, 2.45) is 0 Å². The molecule has 7 nitrogen and oxygen atoms in total. The Morgan fingerprint density at radius 1 is 0.973 bits per heavy atom. The molecule has 3 rings (SSSR count). The van der Waals surface area contributed by atoms with Crippen LogP contribution in [0.25, 0.3) is 10.8 Å². The lowest BCUT2D eigenvalue weighted by Gasteiger charge is -2.33. The summed E-state index contributed by atoms with van der Waals surface area (Å²) in [6.07, 6.45) is 3.22. The monoisotopic (exact) mass is 543 g/mol. The van der Waals surface area contributed by atoms with Gasteiger partial charge in [0.25, 0.3) is 0 Å². The van der Waals surface area contributed by atoms with Crippen LogP contribution < -0.4 is 9.62 Å². The second-order valence-corrected chi connectivity index (χ2v) is 11.3. The maximum atomic E-state index is 13.8. The largest absolute Gasteiger partial charge is 0.354 e. The molecule has 2 amide bonds. The molecule has 0 aliphatic carbocycles. The zero-order chi connectivity index (χ0) is 27.0. The SMILES string of the molecule is CCCCNC(=O)C(CC)N(Cc1ccc(Cl)cc1)C(=O)CN(c1cccc2ccccc12)S(C)(=O)=O. The molecule has 0 spiro atoms. The van der Waals surface area contributed by atoms with Crippen LogP contribution in [0.15, 0.2) is 66.7 Å². The van der Waals surface area contributed by atoms with E-state index < -0.39 is 28.5 Å². The van der Waals surface area contributed by atoms with Crippen LogP contribution in [-0.4, -0.2) is 50.5 Å². The molecule has 37 heavy (non-hydrogen) atoms. The van der Waals surface area contributed by atoms with Crippen LogP contribution in [-0.2, 0) is 26.2 Å². The Hall–Kier alpha value is -3.10. The molecule has 0 aliphatic heterocycles. The van der Waals surface area contributed by atoms with Gasteiger partial charge < -0.3 is 10.2 Å². The van der Waals surface area contributed by atoms with E-state index in [1.54, 1.807) is 36.4 Å². The summed E-state index contributed by atoms with van der Waals surface area (Å²) in [5, 5.41) is 5.06. The minimum atomic E-state index is -3.82. The number of nitrogens with one attached hydrogen (secondary N) is 1. The summed E-state index contributed by atoms with van der Waals surface area (Å²) in [4.78, 5) is 28.4. The number of hydrogen-bond donors (Lipinski definition) is 1. The number of anilines is 1. The van der Waals surface area contributed by atoms with Gasteiger partial charge in [0.2, 0.25) is 21.8 Å². The fourth-order valence-corrected chi connectivity index (χ4v) is 5.22. The van der Waals surface area contributed by atoms with Gasteiger partial charge in [0.05, 0.1) is 11.9 Å². The fraction of sp³-hybridized carbons (Fsp3) is 0.357. The topological polar surface area (TPSA) is 86.8 Å². The van der Waals surface area contributed by atoms with Crippen molar-refractivity contribution >= 4 is 49.9 Å². The van der Waals surface area contributed by atoms with Gasteiger partial charge in [0, 0.05) is 23.5 Å². The zero-order valence-corrected chi connectivity index (χ0v) is 23.1. The molecule has 1 unspecified atom stereocenters. The lowest BCUT2D eigenvalue weighted by Crippen LogP contribution is -2.52. The number of unbranched alkanes of at least 4 members (excludes halogenated alkanes) is 1. The van der Waals surface area contributed by atoms with Crippen LogP contribution in [0.4, 0.5) is 5.69 Å². The number of carbonyl (C=O) groups is 2. The van der Waals surface area contributed by atoms with E-state index in [-0.39, 0.29) is 12.5 Å². The van der Waals surface area contributed by atoms with Gasteiger partial charge in [-0.15, -0.1) is 0 Å². The highest BCUT2D eigenvalue weighted by atomic mass is 35.5. The van der Waals surface area contributed by atoms with Gasteiger partial charge in [-0.2, -0.15) is 0 Å². The van der Waals surface area contributed by atoms with Gasteiger partial charge in [0.1, 0.15) is 12.6 Å². The van der Waals surface area contributed by atoms with Crippen LogP contribution in [0.1, 0.15) is 38.7 Å². The van der Waals surface area contributed by atoms with Crippen molar-refractivity contribution in [3.8, 4) is 0 Å². The molecular formula is C28H34ClN3O4S. The van der Waals surface area contributed by atoms with Crippen molar-refractivity contribution in [2.75, 3.05) is 23.7 Å². The molecule has 0 aromatic heterocycles. The Morgan fingerprint density at radius 2 is 1.65 bits per heavy atom. The number of hydrogen-bond acceptors (Lipinski definition) is 4. The van der Waals surface area contributed by atoms with Crippen molar-refractivity contribution in [3.63, 3.8) is 0 Å². The normalized spacial score (nSPS) is 12.2. The maximum absolute atomic E-state index is 13.8. The zero-order valence-electron chi connectivity index (χ0n) is 21.5. The molecule has 0 bridgehead atoms. The second kappa shape index (κ2) is 12.9. The molecule has 3 aromatic carbocycles. The van der Waals surface area contributed by atoms with Crippen LogP contribution >= 0.6 is 11.6 Å². The van der Waals surface area contributed by atoms with E-state index in [9.17, 15) is 18.0 Å². The van der Waals surface area contributed by atoms with E-state index in [1.165, 1.54) is 4.90 Å². The van der Waals surface area contributed by atoms with Crippen LogP contribution in [0.3, 0.4) is 0 Å². The summed E-state index contributed by atoms with van der Waals surface area (Å²) >= 11 is 6.04. The van der Waals surface area contributed by atoms with Crippen LogP contribution in [0, 0.1) is 0 Å². The number of rotatable bonds is 12. The highest BCUT2D eigenvalue weighted by Crippen LogP contribution is 2.29. The summed E-state index contributed by atoms with van der Waals surface area (Å²) in [7, 11) is -3.82. The van der Waals surface area contributed by atoms with E-state index in [0.29, 0.717) is 23.7 Å². The van der Waals surface area contributed by atoms with Crippen molar-refractivity contribution in [1.29, 1.82) is 0 Å². The summed E-state index contributed by atoms with van der Waals surface area (Å²) in [5.41, 5.74) is 1.20. The third-order valence-electron chi connectivity index (χ3n) is 6.20. The molecule has 1 N–H and O–H groups in total. The predicted octanol–water partition coefficient (Wildman–Crippen LogP) is 4.98. The Kier molecular flexibility index (Phi) is 9.94. The fourth-order valence-electron chi connectivity index (χ4n) is 4.23. The highest BCUT2D eigenvalue weighted by molar-refractivity contribution is 7.92. The number of benzene rings is 3. The molecule has 1 atom stereocenters. The lowest BCUT2D eigenvalue weighted by atomic mass is 10.1. The highest BCUT2D eigenvalue weighted by Gasteiger charge is 2.32.